The lowest BCUT2D eigenvalue weighted by molar-refractivity contribution is 0.569. The summed E-state index contributed by atoms with van der Waals surface area (Å²) in [6, 6.07) is 0. The van der Waals surface area contributed by atoms with Gasteiger partial charge in [0.05, 0.1) is 0 Å². The molecule has 27 valence electrons. The van der Waals surface area contributed by atoms with Crippen LogP contribution >= 0.6 is 11.8 Å². The van der Waals surface area contributed by atoms with Gasteiger partial charge in [0.15, 0.2) is 0 Å². The van der Waals surface area contributed by atoms with E-state index in [0.717, 1.165) is 0 Å². The highest BCUT2D eigenvalue weighted by Gasteiger charge is 1.55. The quantitative estimate of drug-likeness (QED) is 0.433. The van der Waals surface area contributed by atoms with Crippen LogP contribution in [0.1, 0.15) is 0 Å². The maximum absolute atomic E-state index is 9.15. The predicted octanol–water partition coefficient (Wildman–Crippen LogP) is 0.498. The summed E-state index contributed by atoms with van der Waals surface area (Å²) >= 11 is 1.23. The fourth-order valence-corrected chi connectivity index (χ4v) is 0.125. The van der Waals surface area contributed by atoms with Gasteiger partial charge in [-0.3, -0.25) is 0 Å². The Morgan fingerprint density at radius 2 is 2.40 bits per heavy atom. The highest BCUT2D eigenvalue weighted by molar-refractivity contribution is 8.00. The van der Waals surface area contributed by atoms with Crippen molar-refractivity contribution < 1.29 is 4.79 Å². The van der Waals surface area contributed by atoms with E-state index in [2.05, 4.69) is 5.41 Å². The van der Waals surface area contributed by atoms with Crippen molar-refractivity contribution in [2.45, 2.75) is 0 Å². The molecule has 0 aliphatic rings. The molecule has 0 heterocycles. The Labute approximate surface area is 35.1 Å². The first-order chi connectivity index (χ1) is 2.41. The molecule has 0 aliphatic heterocycles. The molecular weight excluding hydrogens is 84.1 g/mol. The van der Waals surface area contributed by atoms with Crippen LogP contribution in [0, 0.1) is 5.41 Å². The Morgan fingerprint density at radius 3 is 2.40 bits per heavy atom. The number of carbonyl (C=O) groups excluding carboxylic acids is 1. The summed E-state index contributed by atoms with van der Waals surface area (Å²) in [4.78, 5) is 9.15. The molecule has 0 aliphatic carbocycles. The second-order valence-electron chi connectivity index (χ2n) is 0.408. The Morgan fingerprint density at radius 1 is 1.80 bits per heavy atom. The molecule has 0 spiro atoms. The van der Waals surface area contributed by atoms with E-state index in [-0.39, 0.29) is 0 Å². The highest BCUT2D eigenvalue weighted by Crippen LogP contribution is 1.82. The standard InChI is InChI=1S/C3H3OS/c1-5-3-2-4/h1H3. The Balaban J connectivity index is 2.93. The van der Waals surface area contributed by atoms with Crippen molar-refractivity contribution >= 4 is 17.7 Å². The third-order valence-electron chi connectivity index (χ3n) is 0.144. The van der Waals surface area contributed by atoms with Gasteiger partial charge < -0.3 is 0 Å². The molecule has 0 atom stereocenters. The number of thioether (sulfide) groups is 1. The lowest BCUT2D eigenvalue weighted by Gasteiger charge is -1.55. The van der Waals surface area contributed by atoms with Crippen LogP contribution in [0.15, 0.2) is 0 Å². The zero-order valence-corrected chi connectivity index (χ0v) is 3.63. The molecule has 0 rings (SSSR count). The molecule has 0 aromatic heterocycles. The van der Waals surface area contributed by atoms with Crippen molar-refractivity contribution in [1.82, 2.24) is 0 Å². The summed E-state index contributed by atoms with van der Waals surface area (Å²) in [6.07, 6.45) is 1.75. The van der Waals surface area contributed by atoms with Crippen LogP contribution in [0.3, 0.4) is 0 Å². The van der Waals surface area contributed by atoms with Gasteiger partial charge in [-0.05, 0) is 6.26 Å². The summed E-state index contributed by atoms with van der Waals surface area (Å²) in [6.45, 7) is 0. The molecule has 0 N–H and O–H groups in total. The van der Waals surface area contributed by atoms with E-state index in [1.165, 1.54) is 17.7 Å². The van der Waals surface area contributed by atoms with Crippen LogP contribution in [-0.2, 0) is 4.79 Å². The maximum Gasteiger partial charge on any atom is 0.141 e. The molecule has 0 saturated carbocycles. The van der Waals surface area contributed by atoms with Gasteiger partial charge in [-0.2, -0.15) is 0 Å². The van der Waals surface area contributed by atoms with Crippen molar-refractivity contribution in [2.24, 2.45) is 0 Å². The molecule has 2 heteroatoms. The van der Waals surface area contributed by atoms with E-state index in [4.69, 9.17) is 4.79 Å². The van der Waals surface area contributed by atoms with Gasteiger partial charge in [-0.1, -0.05) is 0 Å². The van der Waals surface area contributed by atoms with Gasteiger partial charge in [0.25, 0.3) is 0 Å². The first-order valence-corrected chi connectivity index (χ1v) is 2.29. The largest absolute Gasteiger partial charge is 0.232 e. The molecule has 0 unspecified atom stereocenters. The van der Waals surface area contributed by atoms with Crippen molar-refractivity contribution in [3.05, 3.63) is 5.41 Å². The fraction of sp³-hybridized carbons (Fsp3) is 0.333. The molecule has 0 aromatic carbocycles. The molecule has 0 fully saturated rings. The van der Waals surface area contributed by atoms with Crippen LogP contribution < -0.4 is 0 Å². The van der Waals surface area contributed by atoms with Crippen molar-refractivity contribution in [3.63, 3.8) is 0 Å². The normalized spacial score (nSPS) is 5.80. The van der Waals surface area contributed by atoms with Crippen molar-refractivity contribution in [1.29, 1.82) is 0 Å². The predicted molar refractivity (Wildman–Crippen MR) is 22.5 cm³/mol. The van der Waals surface area contributed by atoms with Crippen LogP contribution in [0.5, 0.6) is 0 Å². The molecule has 1 nitrogen and oxygen atoms in total. The van der Waals surface area contributed by atoms with Gasteiger partial charge in [0.1, 0.15) is 11.3 Å². The molecule has 5 heavy (non-hydrogen) atoms. The number of hydrogen-bond acceptors (Lipinski definition) is 2. The molecule has 1 radical (unpaired) electrons. The topological polar surface area (TPSA) is 17.1 Å². The lowest BCUT2D eigenvalue weighted by Crippen LogP contribution is -1.41. The van der Waals surface area contributed by atoms with E-state index in [9.17, 15) is 0 Å². The highest BCUT2D eigenvalue weighted by atomic mass is 32.2. The summed E-state index contributed by atoms with van der Waals surface area (Å²) < 4.78 is 0. The second-order valence-corrected chi connectivity index (χ2v) is 1.02. The fourth-order valence-electron chi connectivity index (χ4n) is 0.0417. The maximum atomic E-state index is 9.15. The van der Waals surface area contributed by atoms with Crippen molar-refractivity contribution in [3.8, 4) is 0 Å². The summed E-state index contributed by atoms with van der Waals surface area (Å²) in [5.41, 5.74) is 0. The second kappa shape index (κ2) is 3.80. The molecule has 0 amide bonds. The first kappa shape index (κ1) is 4.80. The Bertz CT molecular complexity index is 53.9. The smallest absolute Gasteiger partial charge is 0.141 e. The SMILES string of the molecule is CS[C]=C=O. The average molecular weight is 87.1 g/mol. The van der Waals surface area contributed by atoms with Crippen LogP contribution in [0.2, 0.25) is 0 Å². The summed E-state index contributed by atoms with van der Waals surface area (Å²) in [5.74, 6) is 1.48. The minimum absolute atomic E-state index is 1.23. The average Bonchev–Trinajstić information content (AvgIpc) is 1.41. The van der Waals surface area contributed by atoms with Gasteiger partial charge in [-0.15, -0.1) is 11.8 Å². The zero-order valence-electron chi connectivity index (χ0n) is 2.82. The molecular formula is C3H3OS. The Kier molecular flexibility index (Phi) is 3.65. The van der Waals surface area contributed by atoms with Gasteiger partial charge in [0, 0.05) is 0 Å². The monoisotopic (exact) mass is 87.0 g/mol. The number of hydrogen-bond donors (Lipinski definition) is 0. The minimum Gasteiger partial charge on any atom is -0.232 e. The van der Waals surface area contributed by atoms with E-state index in [1.54, 1.807) is 6.26 Å². The lowest BCUT2D eigenvalue weighted by atomic mass is 11.2. The van der Waals surface area contributed by atoms with E-state index in [1.807, 2.05) is 0 Å². The van der Waals surface area contributed by atoms with Crippen molar-refractivity contribution in [2.75, 3.05) is 6.26 Å². The Hall–Kier alpha value is -0.200. The van der Waals surface area contributed by atoms with E-state index < -0.39 is 0 Å². The van der Waals surface area contributed by atoms with E-state index >= 15 is 0 Å². The van der Waals surface area contributed by atoms with Gasteiger partial charge in [-0.25, -0.2) is 4.79 Å². The molecule has 0 aromatic rings. The molecule has 0 bridgehead atoms. The first-order valence-electron chi connectivity index (χ1n) is 1.07. The zero-order chi connectivity index (χ0) is 4.12. The number of rotatable bonds is 1. The van der Waals surface area contributed by atoms with Crippen LogP contribution in [-0.4, -0.2) is 12.2 Å². The summed E-state index contributed by atoms with van der Waals surface area (Å²) in [7, 11) is 0. The summed E-state index contributed by atoms with van der Waals surface area (Å²) in [5, 5.41) is 2.22. The molecule has 0 saturated heterocycles. The van der Waals surface area contributed by atoms with Crippen LogP contribution in [0.4, 0.5) is 0 Å². The van der Waals surface area contributed by atoms with Gasteiger partial charge in [0.2, 0.25) is 0 Å². The minimum atomic E-state index is 1.23. The van der Waals surface area contributed by atoms with Crippen LogP contribution in [0.25, 0.3) is 0 Å². The third-order valence-corrected chi connectivity index (χ3v) is 0.431. The third kappa shape index (κ3) is 3.80. The van der Waals surface area contributed by atoms with Gasteiger partial charge >= 0.3 is 0 Å². The van der Waals surface area contributed by atoms with E-state index in [0.29, 0.717) is 0 Å².